The molecular formula is C21H19N5O4S. The van der Waals surface area contributed by atoms with E-state index >= 15 is 0 Å². The summed E-state index contributed by atoms with van der Waals surface area (Å²) in [4.78, 5) is 46.6. The van der Waals surface area contributed by atoms with E-state index in [1.54, 1.807) is 28.4 Å². The van der Waals surface area contributed by atoms with Gasteiger partial charge in [-0.25, -0.2) is 0 Å². The number of hydrogen-bond acceptors (Lipinski definition) is 8. The van der Waals surface area contributed by atoms with Crippen molar-refractivity contribution in [1.82, 2.24) is 24.8 Å². The summed E-state index contributed by atoms with van der Waals surface area (Å²) >= 11 is 1.58. The molecule has 158 valence electrons. The molecule has 0 aliphatic carbocycles. The van der Waals surface area contributed by atoms with Crippen LogP contribution in [-0.4, -0.2) is 75.8 Å². The van der Waals surface area contributed by atoms with Crippen molar-refractivity contribution in [1.29, 1.82) is 0 Å². The number of benzene rings is 1. The third-order valence-corrected chi connectivity index (χ3v) is 6.29. The smallest absolute Gasteiger partial charge is 0.261 e. The highest BCUT2D eigenvalue weighted by Gasteiger charge is 2.34. The van der Waals surface area contributed by atoms with Gasteiger partial charge in [0.25, 0.3) is 17.7 Å². The third kappa shape index (κ3) is 3.53. The second kappa shape index (κ2) is 7.71. The molecule has 3 amide bonds. The van der Waals surface area contributed by atoms with E-state index in [-0.39, 0.29) is 23.3 Å². The van der Waals surface area contributed by atoms with E-state index in [9.17, 15) is 14.4 Å². The van der Waals surface area contributed by atoms with Crippen LogP contribution in [0, 0.1) is 0 Å². The second-order valence-corrected chi connectivity index (χ2v) is 8.30. The molecule has 31 heavy (non-hydrogen) atoms. The number of piperazine rings is 1. The van der Waals surface area contributed by atoms with Crippen LogP contribution < -0.4 is 0 Å². The number of thiophene rings is 1. The van der Waals surface area contributed by atoms with Crippen LogP contribution in [0.3, 0.4) is 0 Å². The average Bonchev–Trinajstić information content (AvgIpc) is 3.53. The van der Waals surface area contributed by atoms with E-state index in [4.69, 9.17) is 4.52 Å². The predicted octanol–water partition coefficient (Wildman–Crippen LogP) is 1.98. The lowest BCUT2D eigenvalue weighted by Crippen LogP contribution is -2.48. The largest absolute Gasteiger partial charge is 0.338 e. The summed E-state index contributed by atoms with van der Waals surface area (Å²) in [6, 6.07) is 6.65. The summed E-state index contributed by atoms with van der Waals surface area (Å²) in [7, 11) is 1.44. The summed E-state index contributed by atoms with van der Waals surface area (Å²) in [5, 5.41) is 7.97. The van der Waals surface area contributed by atoms with Gasteiger partial charge in [-0.1, -0.05) is 5.16 Å². The van der Waals surface area contributed by atoms with Gasteiger partial charge in [0, 0.05) is 49.7 Å². The molecule has 10 heteroatoms. The van der Waals surface area contributed by atoms with Crippen LogP contribution in [0.5, 0.6) is 0 Å². The second-order valence-electron chi connectivity index (χ2n) is 7.52. The molecule has 1 aromatic carbocycles. The molecule has 0 bridgehead atoms. The normalized spacial score (nSPS) is 16.8. The summed E-state index contributed by atoms with van der Waals surface area (Å²) in [5.74, 6) is 0.277. The Morgan fingerprint density at radius 1 is 1.10 bits per heavy atom. The van der Waals surface area contributed by atoms with Gasteiger partial charge in [0.15, 0.2) is 0 Å². The van der Waals surface area contributed by atoms with Gasteiger partial charge >= 0.3 is 0 Å². The molecule has 2 aliphatic heterocycles. The van der Waals surface area contributed by atoms with Gasteiger partial charge in [0.05, 0.1) is 17.7 Å². The molecule has 2 aliphatic rings. The topological polar surface area (TPSA) is 99.9 Å². The van der Waals surface area contributed by atoms with Gasteiger partial charge in [-0.15, -0.1) is 0 Å². The Morgan fingerprint density at radius 2 is 1.87 bits per heavy atom. The number of aromatic nitrogens is 2. The Hall–Kier alpha value is -3.37. The van der Waals surface area contributed by atoms with Crippen molar-refractivity contribution < 1.29 is 18.9 Å². The minimum absolute atomic E-state index is 0.144. The summed E-state index contributed by atoms with van der Waals surface area (Å²) in [6.07, 6.45) is 0. The van der Waals surface area contributed by atoms with Crippen LogP contribution in [-0.2, 0) is 6.54 Å². The Kier molecular flexibility index (Phi) is 4.87. The fraction of sp³-hybridized carbons (Fsp3) is 0.286. The van der Waals surface area contributed by atoms with Crippen molar-refractivity contribution in [2.24, 2.45) is 0 Å². The third-order valence-electron chi connectivity index (χ3n) is 5.60. The monoisotopic (exact) mass is 437 g/mol. The van der Waals surface area contributed by atoms with E-state index in [1.807, 2.05) is 16.8 Å². The van der Waals surface area contributed by atoms with Crippen LogP contribution in [0.4, 0.5) is 0 Å². The molecule has 0 spiro atoms. The molecule has 5 rings (SSSR count). The maximum absolute atomic E-state index is 12.9. The lowest BCUT2D eigenvalue weighted by molar-refractivity contribution is 0.0614. The molecule has 1 saturated heterocycles. The lowest BCUT2D eigenvalue weighted by Gasteiger charge is -2.34. The number of carbonyl (C=O) groups excluding carboxylic acids is 3. The highest BCUT2D eigenvalue weighted by molar-refractivity contribution is 7.08. The molecule has 0 radical (unpaired) electrons. The number of nitrogens with zero attached hydrogens (tertiary/aromatic N) is 5. The average molecular weight is 437 g/mol. The summed E-state index contributed by atoms with van der Waals surface area (Å²) < 4.78 is 5.36. The Morgan fingerprint density at radius 3 is 2.61 bits per heavy atom. The number of fused-ring (bicyclic) bond motifs is 1. The molecular weight excluding hydrogens is 418 g/mol. The van der Waals surface area contributed by atoms with Crippen LogP contribution in [0.2, 0.25) is 0 Å². The minimum Gasteiger partial charge on any atom is -0.338 e. The van der Waals surface area contributed by atoms with Crippen LogP contribution in [0.15, 0.2) is 39.5 Å². The number of hydrogen-bond donors (Lipinski definition) is 0. The highest BCUT2D eigenvalue weighted by Crippen LogP contribution is 2.24. The van der Waals surface area contributed by atoms with Crippen molar-refractivity contribution >= 4 is 29.1 Å². The molecule has 4 heterocycles. The van der Waals surface area contributed by atoms with Gasteiger partial charge in [-0.3, -0.25) is 24.2 Å². The number of carbonyl (C=O) groups is 3. The molecule has 9 nitrogen and oxygen atoms in total. The number of amides is 3. The maximum atomic E-state index is 12.9. The van der Waals surface area contributed by atoms with Crippen molar-refractivity contribution in [2.75, 3.05) is 33.2 Å². The predicted molar refractivity (Wildman–Crippen MR) is 112 cm³/mol. The lowest BCUT2D eigenvalue weighted by atomic mass is 10.0. The molecule has 0 unspecified atom stereocenters. The zero-order chi connectivity index (χ0) is 21.5. The maximum Gasteiger partial charge on any atom is 0.261 e. The first kappa shape index (κ1) is 19.6. The molecule has 1 fully saturated rings. The van der Waals surface area contributed by atoms with Crippen LogP contribution in [0.25, 0.3) is 11.4 Å². The number of imide groups is 1. The minimum atomic E-state index is -0.374. The van der Waals surface area contributed by atoms with Crippen molar-refractivity contribution in [3.8, 4) is 11.4 Å². The van der Waals surface area contributed by atoms with Gasteiger partial charge in [-0.05, 0) is 29.6 Å². The van der Waals surface area contributed by atoms with Crippen molar-refractivity contribution in [3.05, 3.63) is 57.6 Å². The molecule has 0 atom stereocenters. The first-order valence-electron chi connectivity index (χ1n) is 9.84. The first-order valence-corrected chi connectivity index (χ1v) is 10.8. The van der Waals surface area contributed by atoms with E-state index < -0.39 is 0 Å². The Labute approximate surface area is 181 Å². The molecule has 0 N–H and O–H groups in total. The molecule has 0 saturated carbocycles. The Balaban J connectivity index is 1.21. The van der Waals surface area contributed by atoms with Gasteiger partial charge in [0.1, 0.15) is 0 Å². The van der Waals surface area contributed by atoms with Crippen LogP contribution in [0.1, 0.15) is 37.0 Å². The number of rotatable bonds is 4. The van der Waals surface area contributed by atoms with Gasteiger partial charge in [0.2, 0.25) is 11.7 Å². The van der Waals surface area contributed by atoms with Crippen LogP contribution >= 0.6 is 11.3 Å². The standard InChI is InChI=1S/C21H19N5O4S/c1-24-20(28)15-3-2-13(10-16(15)21(24)29)19(27)26-7-5-25(6-8-26)11-17-22-18(23-30-17)14-4-9-31-12-14/h2-4,9-10,12H,5-8,11H2,1H3. The first-order chi connectivity index (χ1) is 15.0. The quantitative estimate of drug-likeness (QED) is 0.576. The van der Waals surface area contributed by atoms with E-state index in [2.05, 4.69) is 15.0 Å². The van der Waals surface area contributed by atoms with Gasteiger partial charge < -0.3 is 9.42 Å². The van der Waals surface area contributed by atoms with Crippen molar-refractivity contribution in [3.63, 3.8) is 0 Å². The SMILES string of the molecule is CN1C(=O)c2ccc(C(=O)N3CCN(Cc4nc(-c5ccsc5)no4)CC3)cc2C1=O. The van der Waals surface area contributed by atoms with E-state index in [0.717, 1.165) is 10.5 Å². The molecule has 3 aromatic rings. The molecule has 2 aromatic heterocycles. The zero-order valence-corrected chi connectivity index (χ0v) is 17.6. The summed E-state index contributed by atoms with van der Waals surface area (Å²) in [6.45, 7) is 2.98. The zero-order valence-electron chi connectivity index (χ0n) is 16.8. The fourth-order valence-corrected chi connectivity index (χ4v) is 4.44. The van der Waals surface area contributed by atoms with Gasteiger partial charge in [-0.2, -0.15) is 16.3 Å². The fourth-order valence-electron chi connectivity index (χ4n) is 3.81. The van der Waals surface area contributed by atoms with Crippen molar-refractivity contribution in [2.45, 2.75) is 6.54 Å². The highest BCUT2D eigenvalue weighted by atomic mass is 32.1. The van der Waals surface area contributed by atoms with E-state index in [0.29, 0.717) is 55.6 Å². The van der Waals surface area contributed by atoms with E-state index in [1.165, 1.54) is 13.1 Å². The Bertz CT molecular complexity index is 1160. The summed E-state index contributed by atoms with van der Waals surface area (Å²) in [5.41, 5.74) is 1.99.